The smallest absolute Gasteiger partial charge is 0.307 e. The van der Waals surface area contributed by atoms with Crippen molar-refractivity contribution in [1.29, 1.82) is 0 Å². The fraction of sp³-hybridized carbons (Fsp3) is 0.667. The molecular formula is C12H16O5. The Morgan fingerprint density at radius 2 is 2.35 bits per heavy atom. The van der Waals surface area contributed by atoms with Gasteiger partial charge in [0, 0.05) is 18.6 Å². The third-order valence-electron chi connectivity index (χ3n) is 2.94. The van der Waals surface area contributed by atoms with E-state index in [0.29, 0.717) is 12.2 Å². The molecule has 2 aliphatic rings. The quantitative estimate of drug-likeness (QED) is 0.801. The predicted molar refractivity (Wildman–Crippen MR) is 58.4 cm³/mol. The molecule has 0 aromatic heterocycles. The third kappa shape index (κ3) is 3.38. The van der Waals surface area contributed by atoms with Gasteiger partial charge in [-0.2, -0.15) is 0 Å². The number of ether oxygens (including phenoxy) is 2. The molecule has 0 aromatic carbocycles. The van der Waals surface area contributed by atoms with Crippen LogP contribution in [0.2, 0.25) is 0 Å². The minimum Gasteiger partial charge on any atom is -0.481 e. The minimum atomic E-state index is -0.987. The van der Waals surface area contributed by atoms with E-state index in [9.17, 15) is 9.59 Å². The average Bonchev–Trinajstić information content (AvgIpc) is 2.59. The van der Waals surface area contributed by atoms with Gasteiger partial charge in [0.2, 0.25) is 0 Å². The number of aliphatic carboxylic acids is 1. The largest absolute Gasteiger partial charge is 0.481 e. The van der Waals surface area contributed by atoms with Gasteiger partial charge in [-0.1, -0.05) is 0 Å². The number of carboxylic acid groups (broad SMARTS) is 1. The zero-order chi connectivity index (χ0) is 12.3. The van der Waals surface area contributed by atoms with Crippen molar-refractivity contribution < 1.29 is 24.2 Å². The lowest BCUT2D eigenvalue weighted by Gasteiger charge is -2.24. The number of Topliss-reactive ketones (excluding diaryl/α,β-unsaturated/α-hetero) is 1. The van der Waals surface area contributed by atoms with Crippen LogP contribution in [0.3, 0.4) is 0 Å². The highest BCUT2D eigenvalue weighted by atomic mass is 16.7. The van der Waals surface area contributed by atoms with E-state index in [-0.39, 0.29) is 31.0 Å². The summed E-state index contributed by atoms with van der Waals surface area (Å²) in [4.78, 5) is 22.0. The van der Waals surface area contributed by atoms with Gasteiger partial charge in [-0.05, 0) is 25.3 Å². The van der Waals surface area contributed by atoms with Crippen LogP contribution in [0.15, 0.2) is 11.6 Å². The molecule has 5 nitrogen and oxygen atoms in total. The molecule has 1 heterocycles. The molecule has 0 radical (unpaired) electrons. The second-order valence-electron chi connectivity index (χ2n) is 4.36. The van der Waals surface area contributed by atoms with E-state index in [1.54, 1.807) is 6.08 Å². The molecule has 1 aliphatic heterocycles. The second kappa shape index (κ2) is 5.42. The van der Waals surface area contributed by atoms with Crippen LogP contribution in [-0.4, -0.2) is 35.9 Å². The summed E-state index contributed by atoms with van der Waals surface area (Å²) in [6.45, 7) is 0.691. The monoisotopic (exact) mass is 240 g/mol. The maximum absolute atomic E-state index is 11.5. The zero-order valence-electron chi connectivity index (χ0n) is 9.55. The Balaban J connectivity index is 1.88. The Morgan fingerprint density at radius 3 is 3.00 bits per heavy atom. The highest BCUT2D eigenvalue weighted by molar-refractivity contribution is 6.01. The van der Waals surface area contributed by atoms with Crippen LogP contribution >= 0.6 is 0 Å². The average molecular weight is 240 g/mol. The number of carboxylic acids is 1. The molecule has 1 aliphatic carbocycles. The first-order valence-electron chi connectivity index (χ1n) is 5.88. The highest BCUT2D eigenvalue weighted by Crippen LogP contribution is 2.24. The van der Waals surface area contributed by atoms with Crippen LogP contribution in [0.5, 0.6) is 0 Å². The predicted octanol–water partition coefficient (Wildman–Crippen LogP) is 1.27. The van der Waals surface area contributed by atoms with Crippen molar-refractivity contribution in [1.82, 2.24) is 0 Å². The van der Waals surface area contributed by atoms with E-state index >= 15 is 0 Å². The zero-order valence-corrected chi connectivity index (χ0v) is 9.55. The molecule has 0 aromatic rings. The lowest BCUT2D eigenvalue weighted by Crippen LogP contribution is -2.26. The summed E-state index contributed by atoms with van der Waals surface area (Å²) in [5, 5.41) is 8.64. The molecule has 17 heavy (non-hydrogen) atoms. The number of hydrogen-bond donors (Lipinski definition) is 1. The summed E-state index contributed by atoms with van der Waals surface area (Å²) in [7, 11) is 0. The number of carbonyl (C=O) groups excluding carboxylic acids is 1. The Hall–Kier alpha value is -1.20. The van der Waals surface area contributed by atoms with Crippen molar-refractivity contribution in [2.45, 2.75) is 44.5 Å². The Labute approximate surface area is 99.4 Å². The van der Waals surface area contributed by atoms with Crippen molar-refractivity contribution in [2.24, 2.45) is 0 Å². The van der Waals surface area contributed by atoms with Crippen LogP contribution in [0.25, 0.3) is 0 Å². The molecule has 0 amide bonds. The molecule has 94 valence electrons. The Bertz CT molecular complexity index is 341. The molecular weight excluding hydrogens is 224 g/mol. The summed E-state index contributed by atoms with van der Waals surface area (Å²) in [6.07, 6.45) is 4.02. The van der Waals surface area contributed by atoms with Gasteiger partial charge in [0.1, 0.15) is 0 Å². The van der Waals surface area contributed by atoms with Crippen LogP contribution in [-0.2, 0) is 19.1 Å². The molecule has 2 atom stereocenters. The molecule has 0 saturated carbocycles. The first kappa shape index (κ1) is 12.3. The summed E-state index contributed by atoms with van der Waals surface area (Å²) >= 11 is 0. The molecule has 0 bridgehead atoms. The van der Waals surface area contributed by atoms with Gasteiger partial charge in [0.05, 0.1) is 12.5 Å². The summed E-state index contributed by atoms with van der Waals surface area (Å²) in [5.41, 5.74) is 0.346. The number of ketones is 1. The van der Waals surface area contributed by atoms with E-state index < -0.39 is 5.97 Å². The van der Waals surface area contributed by atoms with E-state index in [2.05, 4.69) is 0 Å². The lowest BCUT2D eigenvalue weighted by atomic mass is 10.1. The van der Waals surface area contributed by atoms with Crippen LogP contribution in [0, 0.1) is 0 Å². The van der Waals surface area contributed by atoms with Crippen molar-refractivity contribution in [3.8, 4) is 0 Å². The maximum Gasteiger partial charge on any atom is 0.307 e. The Morgan fingerprint density at radius 1 is 1.53 bits per heavy atom. The molecule has 2 rings (SSSR count). The van der Waals surface area contributed by atoms with E-state index in [0.717, 1.165) is 19.3 Å². The normalized spacial score (nSPS) is 29.2. The van der Waals surface area contributed by atoms with Crippen LogP contribution in [0.4, 0.5) is 0 Å². The summed E-state index contributed by atoms with van der Waals surface area (Å²) < 4.78 is 11.0. The van der Waals surface area contributed by atoms with Gasteiger partial charge in [-0.3, -0.25) is 9.59 Å². The van der Waals surface area contributed by atoms with Gasteiger partial charge < -0.3 is 14.6 Å². The highest BCUT2D eigenvalue weighted by Gasteiger charge is 2.28. The topological polar surface area (TPSA) is 72.8 Å². The third-order valence-corrected chi connectivity index (χ3v) is 2.94. The first-order valence-corrected chi connectivity index (χ1v) is 5.88. The molecule has 0 spiro atoms. The van der Waals surface area contributed by atoms with Gasteiger partial charge in [0.25, 0.3) is 0 Å². The fourth-order valence-corrected chi connectivity index (χ4v) is 2.11. The molecule has 1 N–H and O–H groups in total. The van der Waals surface area contributed by atoms with Crippen molar-refractivity contribution in [2.75, 3.05) is 6.61 Å². The second-order valence-corrected chi connectivity index (χ2v) is 4.36. The number of hydrogen-bond acceptors (Lipinski definition) is 4. The van der Waals surface area contributed by atoms with Crippen LogP contribution in [0.1, 0.15) is 32.1 Å². The van der Waals surface area contributed by atoms with Gasteiger partial charge in [-0.15, -0.1) is 0 Å². The first-order chi connectivity index (χ1) is 8.15. The van der Waals surface area contributed by atoms with Crippen molar-refractivity contribution in [3.63, 3.8) is 0 Å². The molecule has 1 unspecified atom stereocenters. The van der Waals surface area contributed by atoms with Crippen molar-refractivity contribution >= 4 is 11.8 Å². The fourth-order valence-electron chi connectivity index (χ4n) is 2.11. The van der Waals surface area contributed by atoms with E-state index in [4.69, 9.17) is 14.6 Å². The maximum atomic E-state index is 11.5. The molecule has 1 saturated heterocycles. The van der Waals surface area contributed by atoms with Crippen molar-refractivity contribution in [3.05, 3.63) is 11.6 Å². The molecule has 5 heteroatoms. The van der Waals surface area contributed by atoms with Crippen LogP contribution < -0.4 is 0 Å². The van der Waals surface area contributed by atoms with E-state index in [1.807, 2.05) is 0 Å². The minimum absolute atomic E-state index is 0.131. The van der Waals surface area contributed by atoms with Gasteiger partial charge in [0.15, 0.2) is 12.1 Å². The number of carbonyl (C=O) groups is 2. The SMILES string of the molecule is O=C(O)CC1=C[C@H](OC2CCCCO2)CC1=O. The lowest BCUT2D eigenvalue weighted by molar-refractivity contribution is -0.178. The number of rotatable bonds is 4. The standard InChI is InChI=1S/C12H16O5/c13-10-7-9(5-8(10)6-11(14)15)17-12-3-1-2-4-16-12/h5,9,12H,1-4,6-7H2,(H,14,15)/t9-,12?/m0/s1. The van der Waals surface area contributed by atoms with Gasteiger partial charge in [-0.25, -0.2) is 0 Å². The van der Waals surface area contributed by atoms with Gasteiger partial charge >= 0.3 is 5.97 Å². The van der Waals surface area contributed by atoms with E-state index in [1.165, 1.54) is 0 Å². The summed E-state index contributed by atoms with van der Waals surface area (Å²) in [5.74, 6) is -1.12. The molecule has 1 fully saturated rings. The summed E-state index contributed by atoms with van der Waals surface area (Å²) in [6, 6.07) is 0. The Kier molecular flexibility index (Phi) is 3.91.